The Hall–Kier alpha value is -2.70. The van der Waals surface area contributed by atoms with Crippen LogP contribution in [0.15, 0.2) is 24.3 Å². The lowest BCUT2D eigenvalue weighted by Crippen LogP contribution is -2.73. The predicted molar refractivity (Wildman–Crippen MR) is 72.6 cm³/mol. The number of aliphatic carboxylic acids is 1. The van der Waals surface area contributed by atoms with Crippen LogP contribution in [0.2, 0.25) is 0 Å². The van der Waals surface area contributed by atoms with Crippen molar-refractivity contribution in [2.45, 2.75) is 48.1 Å². The molecular formula is C14H6F16O4. The maximum absolute atomic E-state index is 13.4. The lowest BCUT2D eigenvalue weighted by Gasteiger charge is -2.41. The Morgan fingerprint density at radius 2 is 0.971 bits per heavy atom. The number of esters is 1. The van der Waals surface area contributed by atoms with Crippen LogP contribution in [0.25, 0.3) is 0 Å². The number of carboxylic acids is 1. The molecule has 0 aromatic heterocycles. The summed E-state index contributed by atoms with van der Waals surface area (Å²) in [6, 6.07) is 0. The number of hydrogen-bond donors (Lipinski definition) is 1. The fourth-order valence-corrected chi connectivity index (χ4v) is 1.61. The molecule has 34 heavy (non-hydrogen) atoms. The number of hydrogen-bond acceptors (Lipinski definition) is 3. The Balaban J connectivity index is 6.21. The third kappa shape index (κ3) is 5.03. The van der Waals surface area contributed by atoms with Crippen LogP contribution in [0.1, 0.15) is 0 Å². The minimum atomic E-state index is -8.61. The highest BCUT2D eigenvalue weighted by Gasteiger charge is 2.94. The van der Waals surface area contributed by atoms with E-state index in [2.05, 4.69) is 4.74 Å². The van der Waals surface area contributed by atoms with Crippen LogP contribution < -0.4 is 0 Å². The summed E-state index contributed by atoms with van der Waals surface area (Å²) in [5.74, 6) is -53.7. The molecule has 0 radical (unpaired) electrons. The number of ether oxygens (including phenoxy) is 1. The zero-order valence-electron chi connectivity index (χ0n) is 15.1. The largest absolute Gasteiger partial charge is 0.478 e. The Kier molecular flexibility index (Phi) is 8.43. The molecule has 1 atom stereocenters. The monoisotopic (exact) mass is 542 g/mol. The molecule has 0 spiro atoms. The number of carboxylic acid groups (broad SMARTS) is 1. The van der Waals surface area contributed by atoms with Gasteiger partial charge in [-0.1, -0.05) is 12.2 Å². The smallest absolute Gasteiger partial charge is 0.460 e. The van der Waals surface area contributed by atoms with Crippen LogP contribution in [0, 0.1) is 0 Å². The number of halogens is 16. The van der Waals surface area contributed by atoms with Crippen molar-refractivity contribution < 1.29 is 89.7 Å². The van der Waals surface area contributed by atoms with Crippen molar-refractivity contribution in [2.24, 2.45) is 0 Å². The fraction of sp³-hybridized carbons (Fsp3) is 0.571. The number of rotatable bonds is 10. The van der Waals surface area contributed by atoms with Crippen molar-refractivity contribution in [3.05, 3.63) is 24.3 Å². The third-order valence-electron chi connectivity index (χ3n) is 3.44. The number of allylic oxidation sites excluding steroid dienone is 2. The molecule has 0 aliphatic rings. The molecule has 4 nitrogen and oxygen atoms in total. The zero-order valence-corrected chi connectivity index (χ0v) is 15.1. The highest BCUT2D eigenvalue weighted by molar-refractivity contribution is 5.83. The van der Waals surface area contributed by atoms with Crippen LogP contribution >= 0.6 is 0 Å². The number of alkyl halides is 16. The molecule has 198 valence electrons. The molecule has 0 aromatic carbocycles. The Labute approximate surface area is 175 Å². The normalized spacial score (nSPS) is 16.2. The maximum atomic E-state index is 13.4. The molecule has 20 heteroatoms. The zero-order chi connectivity index (χ0) is 27.8. The van der Waals surface area contributed by atoms with Gasteiger partial charge in [-0.2, -0.15) is 70.2 Å². The van der Waals surface area contributed by atoms with Gasteiger partial charge in [0.15, 0.2) is 0 Å². The summed E-state index contributed by atoms with van der Waals surface area (Å²) < 4.78 is 210. The first-order chi connectivity index (χ1) is 14.7. The molecule has 0 aliphatic carbocycles. The van der Waals surface area contributed by atoms with Gasteiger partial charge in [-0.25, -0.2) is 9.59 Å². The quantitative estimate of drug-likeness (QED) is 0.174. The molecule has 1 unspecified atom stereocenters. The van der Waals surface area contributed by atoms with Gasteiger partial charge in [-0.05, 0) is 0 Å². The van der Waals surface area contributed by atoms with E-state index in [1.807, 2.05) is 0 Å². The highest BCUT2D eigenvalue weighted by atomic mass is 19.4. The van der Waals surface area contributed by atoms with E-state index in [1.165, 1.54) is 0 Å². The molecule has 0 fully saturated rings. The topological polar surface area (TPSA) is 63.6 Å². The van der Waals surface area contributed by atoms with Crippen molar-refractivity contribution in [1.82, 2.24) is 0 Å². The van der Waals surface area contributed by atoms with Gasteiger partial charge in [0.2, 0.25) is 0 Å². The summed E-state index contributed by atoms with van der Waals surface area (Å²) >= 11 is 0. The SMILES string of the molecule is O=C(O)C=CC=CC(=O)OC(F)C(F)(F)C(F)(F)C(F)(F)C(F)(F)C(F)(F)C(F)(F)C(F)(F)F. The predicted octanol–water partition coefficient (Wildman–Crippen LogP) is 5.40. The van der Waals surface area contributed by atoms with Gasteiger partial charge >= 0.3 is 60.0 Å². The minimum Gasteiger partial charge on any atom is -0.478 e. The van der Waals surface area contributed by atoms with Gasteiger partial charge in [-0.3, -0.25) is 0 Å². The van der Waals surface area contributed by atoms with Crippen molar-refractivity contribution >= 4 is 11.9 Å². The van der Waals surface area contributed by atoms with Gasteiger partial charge in [0.05, 0.1) is 0 Å². The minimum absolute atomic E-state index is 0.221. The van der Waals surface area contributed by atoms with E-state index in [0.717, 1.165) is 0 Å². The lowest BCUT2D eigenvalue weighted by atomic mass is 9.91. The van der Waals surface area contributed by atoms with Gasteiger partial charge < -0.3 is 9.84 Å². The summed E-state index contributed by atoms with van der Waals surface area (Å²) in [5.41, 5.74) is 0. The van der Waals surface area contributed by atoms with E-state index in [9.17, 15) is 79.8 Å². The van der Waals surface area contributed by atoms with Crippen LogP contribution in [0.3, 0.4) is 0 Å². The molecule has 0 saturated carbocycles. The van der Waals surface area contributed by atoms with Crippen molar-refractivity contribution in [1.29, 1.82) is 0 Å². The van der Waals surface area contributed by atoms with Crippen molar-refractivity contribution in [3.8, 4) is 0 Å². The third-order valence-corrected chi connectivity index (χ3v) is 3.44. The number of carbonyl (C=O) groups is 2. The average molecular weight is 542 g/mol. The second-order valence-electron chi connectivity index (χ2n) is 5.80. The second-order valence-corrected chi connectivity index (χ2v) is 5.80. The van der Waals surface area contributed by atoms with Crippen LogP contribution in [0.4, 0.5) is 70.2 Å². The van der Waals surface area contributed by atoms with Gasteiger partial charge in [-0.15, -0.1) is 0 Å². The van der Waals surface area contributed by atoms with E-state index in [-0.39, 0.29) is 18.2 Å². The lowest BCUT2D eigenvalue weighted by molar-refractivity contribution is -0.458. The van der Waals surface area contributed by atoms with Crippen LogP contribution in [-0.2, 0) is 14.3 Å². The van der Waals surface area contributed by atoms with Crippen LogP contribution in [-0.4, -0.2) is 65.1 Å². The Bertz CT molecular complexity index is 826. The summed E-state index contributed by atoms with van der Waals surface area (Å²) in [6.07, 6.45) is -12.6. The van der Waals surface area contributed by atoms with Crippen molar-refractivity contribution in [3.63, 3.8) is 0 Å². The molecule has 0 aromatic rings. The first kappa shape index (κ1) is 31.3. The molecule has 0 aliphatic heterocycles. The van der Waals surface area contributed by atoms with Gasteiger partial charge in [0.1, 0.15) is 0 Å². The van der Waals surface area contributed by atoms with Gasteiger partial charge in [0, 0.05) is 12.2 Å². The fourth-order valence-electron chi connectivity index (χ4n) is 1.61. The Morgan fingerprint density at radius 1 is 0.618 bits per heavy atom. The summed E-state index contributed by atoms with van der Waals surface area (Å²) in [5, 5.41) is 8.14. The van der Waals surface area contributed by atoms with E-state index in [1.54, 1.807) is 0 Å². The highest BCUT2D eigenvalue weighted by Crippen LogP contribution is 2.62. The second kappa shape index (κ2) is 9.16. The molecule has 0 amide bonds. The summed E-state index contributed by atoms with van der Waals surface area (Å²) in [4.78, 5) is 21.0. The molecule has 0 bridgehead atoms. The number of carbonyl (C=O) groups excluding carboxylic acids is 1. The first-order valence-electron chi connectivity index (χ1n) is 7.49. The average Bonchev–Trinajstić information content (AvgIpc) is 2.63. The molecular weight excluding hydrogens is 536 g/mol. The summed E-state index contributed by atoms with van der Waals surface area (Å²) in [7, 11) is 0. The van der Waals surface area contributed by atoms with Crippen molar-refractivity contribution in [2.75, 3.05) is 0 Å². The van der Waals surface area contributed by atoms with E-state index < -0.39 is 60.0 Å². The van der Waals surface area contributed by atoms with E-state index in [4.69, 9.17) is 5.11 Å². The molecule has 0 heterocycles. The van der Waals surface area contributed by atoms with Crippen LogP contribution in [0.5, 0.6) is 0 Å². The standard InChI is InChI=1S/C14H6F16O4/c15-7(34-6(33)4-2-1-3-5(31)32)8(16,17)9(18,19)10(20,21)11(22,23)12(24,25)13(26,27)14(28,29)30/h1-4,7H,(H,31,32). The van der Waals surface area contributed by atoms with E-state index in [0.29, 0.717) is 6.08 Å². The van der Waals surface area contributed by atoms with Gasteiger partial charge in [0.25, 0.3) is 0 Å². The maximum Gasteiger partial charge on any atom is 0.460 e. The Morgan fingerprint density at radius 3 is 1.35 bits per heavy atom. The summed E-state index contributed by atoms with van der Waals surface area (Å²) in [6.45, 7) is 0. The molecule has 0 saturated heterocycles. The van der Waals surface area contributed by atoms with E-state index >= 15 is 0 Å². The molecule has 0 rings (SSSR count). The molecule has 1 N–H and O–H groups in total. The first-order valence-corrected chi connectivity index (χ1v) is 7.49.